The topological polar surface area (TPSA) is 70.6 Å². The molecule has 1 amide bonds. The Morgan fingerprint density at radius 1 is 0.971 bits per heavy atom. The van der Waals surface area contributed by atoms with Gasteiger partial charge in [-0.3, -0.25) is 4.79 Å². The summed E-state index contributed by atoms with van der Waals surface area (Å²) in [6, 6.07) is 15.3. The number of carbonyl (C=O) groups is 1. The molecule has 0 radical (unpaired) electrons. The normalized spacial score (nSPS) is 20.0. The highest BCUT2D eigenvalue weighted by Gasteiger charge is 2.27. The number of carbonyl (C=O) groups excluding carboxylic acids is 1. The second-order valence-electron chi connectivity index (χ2n) is 9.31. The van der Waals surface area contributed by atoms with Crippen LogP contribution < -0.4 is 0 Å². The molecule has 8 heteroatoms. The third-order valence-electron chi connectivity index (χ3n) is 6.94. The Morgan fingerprint density at radius 3 is 2.50 bits per heavy atom. The van der Waals surface area contributed by atoms with E-state index in [0.717, 1.165) is 61.3 Å². The molecule has 180 valence electrons. The monoisotopic (exact) mass is 497 g/mol. The Hall–Kier alpha value is -2.29. The van der Waals surface area contributed by atoms with Gasteiger partial charge in [0.2, 0.25) is 15.9 Å². The van der Waals surface area contributed by atoms with Crippen molar-refractivity contribution in [3.8, 4) is 0 Å². The molecule has 1 aromatic heterocycles. The summed E-state index contributed by atoms with van der Waals surface area (Å²) in [6.45, 7) is 2.73. The van der Waals surface area contributed by atoms with E-state index in [-0.39, 0.29) is 5.91 Å². The van der Waals surface area contributed by atoms with Crippen LogP contribution in [0.15, 0.2) is 53.4 Å². The number of piperidine rings is 2. The third kappa shape index (κ3) is 5.04. The van der Waals surface area contributed by atoms with Gasteiger partial charge in [-0.05, 0) is 61.9 Å². The van der Waals surface area contributed by atoms with Crippen LogP contribution >= 0.6 is 11.3 Å². The van der Waals surface area contributed by atoms with Crippen molar-refractivity contribution in [3.63, 3.8) is 0 Å². The minimum absolute atomic E-state index is 0.163. The van der Waals surface area contributed by atoms with Gasteiger partial charge in [0.25, 0.3) is 0 Å². The van der Waals surface area contributed by atoms with Crippen molar-refractivity contribution in [1.29, 1.82) is 0 Å². The Balaban J connectivity index is 1.17. The molecule has 34 heavy (non-hydrogen) atoms. The van der Waals surface area contributed by atoms with Crippen LogP contribution in [-0.2, 0) is 21.2 Å². The van der Waals surface area contributed by atoms with Crippen LogP contribution in [0, 0.1) is 0 Å². The number of nitrogens with zero attached hydrogens (tertiary/aromatic N) is 3. The first-order valence-electron chi connectivity index (χ1n) is 12.2. The number of fused-ring (bicyclic) bond motifs is 1. The summed E-state index contributed by atoms with van der Waals surface area (Å²) in [6.07, 6.45) is 6.06. The zero-order valence-corrected chi connectivity index (χ0v) is 21.0. The van der Waals surface area contributed by atoms with Crippen molar-refractivity contribution in [2.75, 3.05) is 26.2 Å². The SMILES string of the molecule is O=C(CCc1ccc(S(=O)(=O)N2CCCCC2)cc1)N1CCC[C@H](c2nc3ccccc3s2)C1. The average molecular weight is 498 g/mol. The number of likely N-dealkylation sites (tertiary alicyclic amines) is 1. The highest BCUT2D eigenvalue weighted by Crippen LogP contribution is 2.33. The number of aromatic nitrogens is 1. The predicted molar refractivity (Wildman–Crippen MR) is 136 cm³/mol. The molecule has 6 nitrogen and oxygen atoms in total. The molecular weight excluding hydrogens is 466 g/mol. The van der Waals surface area contributed by atoms with Crippen molar-refractivity contribution in [2.45, 2.75) is 55.8 Å². The fourth-order valence-corrected chi connectivity index (χ4v) is 7.57. The minimum atomic E-state index is -3.42. The quantitative estimate of drug-likeness (QED) is 0.490. The Morgan fingerprint density at radius 2 is 1.74 bits per heavy atom. The van der Waals surface area contributed by atoms with E-state index in [0.29, 0.717) is 36.7 Å². The van der Waals surface area contributed by atoms with Crippen LogP contribution in [0.5, 0.6) is 0 Å². The maximum atomic E-state index is 13.0. The molecule has 0 saturated carbocycles. The zero-order valence-electron chi connectivity index (χ0n) is 19.4. The smallest absolute Gasteiger partial charge is 0.243 e. The van der Waals surface area contributed by atoms with Crippen LogP contribution in [0.1, 0.15) is 55.0 Å². The van der Waals surface area contributed by atoms with Crippen molar-refractivity contribution < 1.29 is 13.2 Å². The summed E-state index contributed by atoms with van der Waals surface area (Å²) in [5.74, 6) is 0.463. The second-order valence-corrected chi connectivity index (χ2v) is 12.3. The molecule has 3 aromatic rings. The molecule has 2 aliphatic rings. The molecule has 0 unspecified atom stereocenters. The lowest BCUT2D eigenvalue weighted by molar-refractivity contribution is -0.132. The van der Waals surface area contributed by atoms with Gasteiger partial charge in [-0.1, -0.05) is 30.7 Å². The molecule has 0 aliphatic carbocycles. The van der Waals surface area contributed by atoms with Gasteiger partial charge in [-0.15, -0.1) is 11.3 Å². The van der Waals surface area contributed by atoms with Crippen LogP contribution in [-0.4, -0.2) is 54.7 Å². The molecule has 5 rings (SSSR count). The van der Waals surface area contributed by atoms with Gasteiger partial charge in [0.1, 0.15) is 0 Å². The summed E-state index contributed by atoms with van der Waals surface area (Å²) in [5, 5.41) is 1.13. The molecular formula is C26H31N3O3S2. The number of para-hydroxylation sites is 1. The van der Waals surface area contributed by atoms with Crippen molar-refractivity contribution in [3.05, 3.63) is 59.1 Å². The fraction of sp³-hybridized carbons (Fsp3) is 0.462. The summed E-state index contributed by atoms with van der Waals surface area (Å²) in [5.41, 5.74) is 2.03. The molecule has 2 saturated heterocycles. The first-order chi connectivity index (χ1) is 16.5. The first kappa shape index (κ1) is 23.5. The van der Waals surface area contributed by atoms with Crippen molar-refractivity contribution in [1.82, 2.24) is 14.2 Å². The van der Waals surface area contributed by atoms with Crippen LogP contribution in [0.25, 0.3) is 10.2 Å². The zero-order chi connectivity index (χ0) is 23.5. The highest BCUT2D eigenvalue weighted by atomic mass is 32.2. The van der Waals surface area contributed by atoms with E-state index in [9.17, 15) is 13.2 Å². The summed E-state index contributed by atoms with van der Waals surface area (Å²) in [4.78, 5) is 20.1. The Labute approximate surface area is 205 Å². The van der Waals surface area contributed by atoms with E-state index in [1.165, 1.54) is 4.70 Å². The fourth-order valence-electron chi connectivity index (χ4n) is 4.96. The summed E-state index contributed by atoms with van der Waals surface area (Å²) < 4.78 is 28.5. The summed E-state index contributed by atoms with van der Waals surface area (Å²) >= 11 is 1.74. The number of benzene rings is 2. The molecule has 2 aromatic carbocycles. The minimum Gasteiger partial charge on any atom is -0.342 e. The Bertz CT molecular complexity index is 1210. The van der Waals surface area contributed by atoms with Crippen molar-refractivity contribution in [2.24, 2.45) is 0 Å². The van der Waals surface area contributed by atoms with Gasteiger partial charge in [0, 0.05) is 38.5 Å². The van der Waals surface area contributed by atoms with Crippen LogP contribution in [0.2, 0.25) is 0 Å². The van der Waals surface area contributed by atoms with Gasteiger partial charge in [0.05, 0.1) is 20.1 Å². The van der Waals surface area contributed by atoms with Gasteiger partial charge < -0.3 is 4.90 Å². The first-order valence-corrected chi connectivity index (χ1v) is 14.5. The van der Waals surface area contributed by atoms with E-state index in [1.54, 1.807) is 27.8 Å². The maximum absolute atomic E-state index is 13.0. The van der Waals surface area contributed by atoms with E-state index in [1.807, 2.05) is 35.2 Å². The molecule has 0 N–H and O–H groups in total. The van der Waals surface area contributed by atoms with E-state index in [2.05, 4.69) is 6.07 Å². The van der Waals surface area contributed by atoms with Crippen LogP contribution in [0.4, 0.5) is 0 Å². The average Bonchev–Trinajstić information content (AvgIpc) is 3.33. The van der Waals surface area contributed by atoms with E-state index in [4.69, 9.17) is 4.98 Å². The lowest BCUT2D eigenvalue weighted by Crippen LogP contribution is -2.39. The van der Waals surface area contributed by atoms with Gasteiger partial charge in [-0.25, -0.2) is 13.4 Å². The number of hydrogen-bond acceptors (Lipinski definition) is 5. The molecule has 3 heterocycles. The lowest BCUT2D eigenvalue weighted by atomic mass is 9.98. The second kappa shape index (κ2) is 10.1. The predicted octanol–water partition coefficient (Wildman–Crippen LogP) is 4.81. The molecule has 0 spiro atoms. The van der Waals surface area contributed by atoms with Crippen LogP contribution in [0.3, 0.4) is 0 Å². The molecule has 1 atom stereocenters. The standard InChI is InChI=1S/C26H31N3O3S2/c30-25(28-16-6-7-21(19-28)26-27-23-8-2-3-9-24(23)33-26)15-12-20-10-13-22(14-11-20)34(31,32)29-17-4-1-5-18-29/h2-3,8-11,13-14,21H,1,4-7,12,15-19H2/t21-/m0/s1. The number of amides is 1. The van der Waals surface area contributed by atoms with Gasteiger partial charge in [0.15, 0.2) is 0 Å². The highest BCUT2D eigenvalue weighted by molar-refractivity contribution is 7.89. The maximum Gasteiger partial charge on any atom is 0.243 e. The summed E-state index contributed by atoms with van der Waals surface area (Å²) in [7, 11) is -3.42. The molecule has 0 bridgehead atoms. The van der Waals surface area contributed by atoms with E-state index >= 15 is 0 Å². The number of hydrogen-bond donors (Lipinski definition) is 0. The largest absolute Gasteiger partial charge is 0.342 e. The number of rotatable bonds is 6. The molecule has 2 aliphatic heterocycles. The van der Waals surface area contributed by atoms with Gasteiger partial charge in [-0.2, -0.15) is 4.31 Å². The lowest BCUT2D eigenvalue weighted by Gasteiger charge is -2.32. The number of aryl methyl sites for hydroxylation is 1. The van der Waals surface area contributed by atoms with Gasteiger partial charge >= 0.3 is 0 Å². The number of thiazole rings is 1. The van der Waals surface area contributed by atoms with E-state index < -0.39 is 10.0 Å². The molecule has 2 fully saturated rings. The number of sulfonamides is 1. The third-order valence-corrected chi connectivity index (χ3v) is 10.0. The Kier molecular flexibility index (Phi) is 6.99. The van der Waals surface area contributed by atoms with Crippen molar-refractivity contribution >= 4 is 37.5 Å².